The quantitative estimate of drug-likeness (QED) is 0.810. The van der Waals surface area contributed by atoms with Gasteiger partial charge in [-0.3, -0.25) is 9.78 Å². The third-order valence-electron chi connectivity index (χ3n) is 3.66. The van der Waals surface area contributed by atoms with Crippen LogP contribution in [0.15, 0.2) is 18.5 Å². The van der Waals surface area contributed by atoms with Crippen molar-refractivity contribution in [3.63, 3.8) is 0 Å². The molecule has 1 fully saturated rings. The molecular weight excluding hydrogens is 216 g/mol. The van der Waals surface area contributed by atoms with Gasteiger partial charge in [0.1, 0.15) is 0 Å². The molecule has 4 nitrogen and oxygen atoms in total. The predicted octanol–water partition coefficient (Wildman–Crippen LogP) is 1.28. The average Bonchev–Trinajstić information content (AvgIpc) is 2.28. The molecule has 1 aliphatic rings. The molecule has 0 aromatic carbocycles. The Balaban J connectivity index is 2.04. The van der Waals surface area contributed by atoms with Crippen molar-refractivity contribution in [2.75, 3.05) is 0 Å². The fourth-order valence-corrected chi connectivity index (χ4v) is 2.07. The van der Waals surface area contributed by atoms with E-state index in [2.05, 4.69) is 10.3 Å². The Labute approximate surface area is 101 Å². The Morgan fingerprint density at radius 1 is 1.53 bits per heavy atom. The minimum Gasteiger partial charge on any atom is -0.392 e. The van der Waals surface area contributed by atoms with Gasteiger partial charge in [-0.25, -0.2) is 0 Å². The molecule has 1 amide bonds. The zero-order valence-corrected chi connectivity index (χ0v) is 10.4. The van der Waals surface area contributed by atoms with E-state index in [1.54, 1.807) is 12.4 Å². The third kappa shape index (κ3) is 2.17. The number of nitrogens with one attached hydrogen (secondary N) is 1. The molecule has 2 unspecified atom stereocenters. The Bertz CT molecular complexity index is 443. The molecule has 1 aromatic heterocycles. The molecule has 1 heterocycles. The topological polar surface area (TPSA) is 62.2 Å². The number of carbonyl (C=O) groups is 1. The van der Waals surface area contributed by atoms with Crippen LogP contribution in [-0.4, -0.2) is 28.1 Å². The summed E-state index contributed by atoms with van der Waals surface area (Å²) in [7, 11) is 0. The maximum absolute atomic E-state index is 12.0. The van der Waals surface area contributed by atoms with Crippen LogP contribution in [0.3, 0.4) is 0 Å². The molecule has 0 radical (unpaired) electrons. The van der Waals surface area contributed by atoms with Crippen LogP contribution in [0.5, 0.6) is 0 Å². The van der Waals surface area contributed by atoms with Gasteiger partial charge < -0.3 is 10.4 Å². The number of aliphatic hydroxyl groups excluding tert-OH is 1. The van der Waals surface area contributed by atoms with Gasteiger partial charge in [0.05, 0.1) is 11.7 Å². The molecule has 0 bridgehead atoms. The first kappa shape index (κ1) is 12.0. The minimum atomic E-state index is -0.330. The van der Waals surface area contributed by atoms with Crippen molar-refractivity contribution in [3.8, 4) is 0 Å². The lowest BCUT2D eigenvalue weighted by atomic mass is 9.64. The summed E-state index contributed by atoms with van der Waals surface area (Å²) in [4.78, 5) is 16.0. The molecule has 2 N–H and O–H groups in total. The number of carbonyl (C=O) groups excluding carboxylic acids is 1. The number of nitrogens with zero attached hydrogens (tertiary/aromatic N) is 1. The van der Waals surface area contributed by atoms with Crippen molar-refractivity contribution >= 4 is 5.91 Å². The van der Waals surface area contributed by atoms with Crippen LogP contribution in [0.25, 0.3) is 0 Å². The fraction of sp³-hybridized carbons (Fsp3) is 0.538. The molecule has 1 aliphatic carbocycles. The number of rotatable bonds is 2. The molecular formula is C13H18N2O2. The van der Waals surface area contributed by atoms with E-state index in [-0.39, 0.29) is 23.5 Å². The van der Waals surface area contributed by atoms with Crippen LogP contribution in [0.4, 0.5) is 0 Å². The summed E-state index contributed by atoms with van der Waals surface area (Å²) in [6.45, 7) is 5.82. The monoisotopic (exact) mass is 234 g/mol. The molecule has 0 aliphatic heterocycles. The van der Waals surface area contributed by atoms with Gasteiger partial charge in [-0.15, -0.1) is 0 Å². The molecule has 1 aromatic rings. The molecule has 17 heavy (non-hydrogen) atoms. The van der Waals surface area contributed by atoms with Gasteiger partial charge in [0, 0.05) is 23.9 Å². The summed E-state index contributed by atoms with van der Waals surface area (Å²) >= 11 is 0. The smallest absolute Gasteiger partial charge is 0.253 e. The van der Waals surface area contributed by atoms with Crippen molar-refractivity contribution in [1.29, 1.82) is 0 Å². The van der Waals surface area contributed by atoms with Crippen molar-refractivity contribution in [2.24, 2.45) is 5.41 Å². The molecule has 2 atom stereocenters. The average molecular weight is 234 g/mol. The van der Waals surface area contributed by atoms with Gasteiger partial charge in [0.2, 0.25) is 0 Å². The molecule has 1 saturated carbocycles. The Hall–Kier alpha value is -1.42. The van der Waals surface area contributed by atoms with E-state index >= 15 is 0 Å². The highest BCUT2D eigenvalue weighted by atomic mass is 16.3. The summed E-state index contributed by atoms with van der Waals surface area (Å²) in [6, 6.07) is 1.84. The van der Waals surface area contributed by atoms with Crippen LogP contribution in [0, 0.1) is 12.3 Å². The molecule has 2 rings (SSSR count). The maximum Gasteiger partial charge on any atom is 0.253 e. The van der Waals surface area contributed by atoms with Crippen molar-refractivity contribution in [1.82, 2.24) is 10.3 Å². The van der Waals surface area contributed by atoms with Crippen LogP contribution in [-0.2, 0) is 0 Å². The van der Waals surface area contributed by atoms with Crippen LogP contribution in [0.1, 0.15) is 36.2 Å². The van der Waals surface area contributed by atoms with Gasteiger partial charge in [-0.2, -0.15) is 0 Å². The molecule has 4 heteroatoms. The largest absolute Gasteiger partial charge is 0.392 e. The highest BCUT2D eigenvalue weighted by molar-refractivity contribution is 5.94. The Morgan fingerprint density at radius 2 is 2.24 bits per heavy atom. The number of amides is 1. The normalized spacial score (nSPS) is 26.1. The first-order chi connectivity index (χ1) is 7.91. The van der Waals surface area contributed by atoms with E-state index in [1.165, 1.54) is 0 Å². The second-order valence-electron chi connectivity index (χ2n) is 5.35. The van der Waals surface area contributed by atoms with E-state index < -0.39 is 0 Å². The molecule has 0 saturated heterocycles. The lowest BCUT2D eigenvalue weighted by Gasteiger charge is -2.49. The number of pyridine rings is 1. The Kier molecular flexibility index (Phi) is 2.91. The van der Waals surface area contributed by atoms with Gasteiger partial charge in [-0.05, 0) is 25.0 Å². The highest BCUT2D eigenvalue weighted by Gasteiger charge is 2.47. The van der Waals surface area contributed by atoms with Crippen LogP contribution in [0.2, 0.25) is 0 Å². The fourth-order valence-electron chi connectivity index (χ4n) is 2.07. The van der Waals surface area contributed by atoms with E-state index in [1.807, 2.05) is 26.8 Å². The lowest BCUT2D eigenvalue weighted by molar-refractivity contribution is -0.0689. The number of aromatic nitrogens is 1. The summed E-state index contributed by atoms with van der Waals surface area (Å²) in [5.74, 6) is -0.119. The van der Waals surface area contributed by atoms with Gasteiger partial charge in [0.15, 0.2) is 0 Å². The van der Waals surface area contributed by atoms with Gasteiger partial charge >= 0.3 is 0 Å². The maximum atomic E-state index is 12.0. The number of aryl methyl sites for hydroxylation is 1. The lowest BCUT2D eigenvalue weighted by Crippen LogP contribution is -2.61. The first-order valence-electron chi connectivity index (χ1n) is 5.82. The van der Waals surface area contributed by atoms with Crippen molar-refractivity contribution in [3.05, 3.63) is 29.6 Å². The summed E-state index contributed by atoms with van der Waals surface area (Å²) in [6.07, 6.45) is 3.57. The molecule has 92 valence electrons. The third-order valence-corrected chi connectivity index (χ3v) is 3.66. The second-order valence-corrected chi connectivity index (χ2v) is 5.35. The van der Waals surface area contributed by atoms with Crippen LogP contribution < -0.4 is 5.32 Å². The zero-order valence-electron chi connectivity index (χ0n) is 10.4. The van der Waals surface area contributed by atoms with E-state index in [0.29, 0.717) is 12.0 Å². The molecule has 0 spiro atoms. The number of aliphatic hydroxyl groups is 1. The highest BCUT2D eigenvalue weighted by Crippen LogP contribution is 2.40. The summed E-state index contributed by atoms with van der Waals surface area (Å²) in [5, 5.41) is 12.6. The van der Waals surface area contributed by atoms with E-state index in [0.717, 1.165) is 5.56 Å². The number of hydrogen-bond donors (Lipinski definition) is 2. The van der Waals surface area contributed by atoms with Crippen LogP contribution >= 0.6 is 0 Å². The van der Waals surface area contributed by atoms with Crippen molar-refractivity contribution < 1.29 is 9.90 Å². The SMILES string of the molecule is Cc1cncc(C(=O)NC2CC(O)C2(C)C)c1. The first-order valence-corrected chi connectivity index (χ1v) is 5.82. The summed E-state index contributed by atoms with van der Waals surface area (Å²) < 4.78 is 0. The predicted molar refractivity (Wildman–Crippen MR) is 64.6 cm³/mol. The minimum absolute atomic E-state index is 0.0329. The van der Waals surface area contributed by atoms with Gasteiger partial charge in [0.25, 0.3) is 5.91 Å². The van der Waals surface area contributed by atoms with Crippen molar-refractivity contribution in [2.45, 2.75) is 39.3 Å². The number of hydrogen-bond acceptors (Lipinski definition) is 3. The van der Waals surface area contributed by atoms with E-state index in [4.69, 9.17) is 0 Å². The van der Waals surface area contributed by atoms with E-state index in [9.17, 15) is 9.90 Å². The second kappa shape index (κ2) is 4.11. The zero-order chi connectivity index (χ0) is 12.6. The Morgan fingerprint density at radius 3 is 2.76 bits per heavy atom. The standard InChI is InChI=1S/C13H18N2O2/c1-8-4-9(7-14-6-8)12(17)15-10-5-11(16)13(10,2)3/h4,6-7,10-11,16H,5H2,1-3H3,(H,15,17). The summed E-state index contributed by atoms with van der Waals surface area (Å²) in [5.41, 5.74) is 1.29. The van der Waals surface area contributed by atoms with Gasteiger partial charge in [-0.1, -0.05) is 13.8 Å².